The molecule has 5 rings (SSSR count). The second-order valence-corrected chi connectivity index (χ2v) is 7.78. The van der Waals surface area contributed by atoms with E-state index in [9.17, 15) is 4.79 Å². The SMILES string of the molecule is O=C1c2ccccc2NC(c2cnn(Cc3ccccc3)c2)N1CCc1ccccc1. The normalized spacial score (nSPS) is 15.4. The Kier molecular flexibility index (Phi) is 5.23. The van der Waals surface area contributed by atoms with E-state index in [0.717, 1.165) is 17.7 Å². The lowest BCUT2D eigenvalue weighted by molar-refractivity contribution is 0.0685. The summed E-state index contributed by atoms with van der Waals surface area (Å²) >= 11 is 0. The van der Waals surface area contributed by atoms with Gasteiger partial charge >= 0.3 is 0 Å². The summed E-state index contributed by atoms with van der Waals surface area (Å²) in [6, 6.07) is 28.2. The van der Waals surface area contributed by atoms with Crippen LogP contribution in [-0.4, -0.2) is 27.1 Å². The Morgan fingerprint density at radius 3 is 2.29 bits per heavy atom. The van der Waals surface area contributed by atoms with Crippen LogP contribution in [-0.2, 0) is 13.0 Å². The van der Waals surface area contributed by atoms with E-state index in [1.54, 1.807) is 0 Å². The second kappa shape index (κ2) is 8.48. The lowest BCUT2D eigenvalue weighted by Crippen LogP contribution is -2.43. The Morgan fingerprint density at radius 2 is 1.52 bits per heavy atom. The van der Waals surface area contributed by atoms with Crippen LogP contribution in [0.1, 0.15) is 33.2 Å². The van der Waals surface area contributed by atoms with Gasteiger partial charge in [0, 0.05) is 24.0 Å². The molecule has 1 unspecified atom stereocenters. The number of carbonyl (C=O) groups excluding carboxylic acids is 1. The molecule has 0 fully saturated rings. The van der Waals surface area contributed by atoms with Gasteiger partial charge in [0.25, 0.3) is 5.91 Å². The molecule has 4 aromatic rings. The lowest BCUT2D eigenvalue weighted by atomic mass is 10.0. The van der Waals surface area contributed by atoms with Gasteiger partial charge in [-0.1, -0.05) is 72.8 Å². The molecule has 2 heterocycles. The summed E-state index contributed by atoms with van der Waals surface area (Å²) in [6.07, 6.45) is 4.43. The Morgan fingerprint density at radius 1 is 0.839 bits per heavy atom. The van der Waals surface area contributed by atoms with Gasteiger partial charge in [0.2, 0.25) is 0 Å². The van der Waals surface area contributed by atoms with E-state index in [0.29, 0.717) is 18.7 Å². The number of hydrogen-bond donors (Lipinski definition) is 1. The number of para-hydroxylation sites is 1. The molecule has 0 saturated heterocycles. The first-order chi connectivity index (χ1) is 15.3. The summed E-state index contributed by atoms with van der Waals surface area (Å²) in [5.74, 6) is 0.0473. The Hall–Kier alpha value is -3.86. The van der Waals surface area contributed by atoms with E-state index in [4.69, 9.17) is 0 Å². The third-order valence-electron chi connectivity index (χ3n) is 5.66. The van der Waals surface area contributed by atoms with Gasteiger partial charge in [0.1, 0.15) is 6.17 Å². The number of nitrogens with zero attached hydrogens (tertiary/aromatic N) is 3. The number of fused-ring (bicyclic) bond motifs is 1. The fraction of sp³-hybridized carbons (Fsp3) is 0.154. The van der Waals surface area contributed by atoms with Crippen molar-refractivity contribution in [1.29, 1.82) is 0 Å². The van der Waals surface area contributed by atoms with Crippen LogP contribution in [0.25, 0.3) is 0 Å². The molecule has 1 atom stereocenters. The number of hydrogen-bond acceptors (Lipinski definition) is 3. The molecule has 0 saturated carbocycles. The van der Waals surface area contributed by atoms with Crippen molar-refractivity contribution in [3.05, 3.63) is 120 Å². The highest BCUT2D eigenvalue weighted by Crippen LogP contribution is 2.33. The summed E-state index contributed by atoms with van der Waals surface area (Å²) < 4.78 is 1.92. The maximum atomic E-state index is 13.4. The van der Waals surface area contributed by atoms with Gasteiger partial charge in [-0.3, -0.25) is 9.48 Å². The number of nitrogens with one attached hydrogen (secondary N) is 1. The number of rotatable bonds is 6. The van der Waals surface area contributed by atoms with Crippen molar-refractivity contribution in [2.45, 2.75) is 19.1 Å². The van der Waals surface area contributed by atoms with E-state index in [-0.39, 0.29) is 12.1 Å². The van der Waals surface area contributed by atoms with Gasteiger partial charge in [-0.2, -0.15) is 5.10 Å². The zero-order valence-corrected chi connectivity index (χ0v) is 17.2. The maximum Gasteiger partial charge on any atom is 0.257 e. The molecule has 0 spiro atoms. The molecule has 1 aliphatic rings. The van der Waals surface area contributed by atoms with Gasteiger partial charge in [0.05, 0.1) is 18.3 Å². The largest absolute Gasteiger partial charge is 0.361 e. The zero-order chi connectivity index (χ0) is 21.0. The predicted molar refractivity (Wildman–Crippen MR) is 122 cm³/mol. The van der Waals surface area contributed by atoms with Crippen molar-refractivity contribution in [2.75, 3.05) is 11.9 Å². The van der Waals surface area contributed by atoms with Crippen molar-refractivity contribution >= 4 is 11.6 Å². The number of amides is 1. The Balaban J connectivity index is 1.42. The average Bonchev–Trinajstić information content (AvgIpc) is 3.28. The van der Waals surface area contributed by atoms with Crippen LogP contribution >= 0.6 is 0 Å². The van der Waals surface area contributed by atoms with Crippen molar-refractivity contribution < 1.29 is 4.79 Å². The molecule has 0 bridgehead atoms. The van der Waals surface area contributed by atoms with E-state index in [1.165, 1.54) is 11.1 Å². The highest BCUT2D eigenvalue weighted by atomic mass is 16.2. The molecule has 1 aromatic heterocycles. The molecule has 1 amide bonds. The molecule has 154 valence electrons. The fourth-order valence-corrected chi connectivity index (χ4v) is 4.06. The molecule has 5 nitrogen and oxygen atoms in total. The van der Waals surface area contributed by atoms with Gasteiger partial charge < -0.3 is 10.2 Å². The van der Waals surface area contributed by atoms with E-state index >= 15 is 0 Å². The van der Waals surface area contributed by atoms with Gasteiger partial charge in [-0.25, -0.2) is 0 Å². The predicted octanol–water partition coefficient (Wildman–Crippen LogP) is 4.74. The molecular formula is C26H24N4O. The fourth-order valence-electron chi connectivity index (χ4n) is 4.06. The summed E-state index contributed by atoms with van der Waals surface area (Å²) in [7, 11) is 0. The van der Waals surface area contributed by atoms with Gasteiger partial charge in [-0.15, -0.1) is 0 Å². The molecule has 0 aliphatic carbocycles. The third kappa shape index (κ3) is 4.08. The van der Waals surface area contributed by atoms with Crippen LogP contribution in [0, 0.1) is 0 Å². The molecule has 0 radical (unpaired) electrons. The van der Waals surface area contributed by atoms with Crippen LogP contribution in [0.2, 0.25) is 0 Å². The summed E-state index contributed by atoms with van der Waals surface area (Å²) in [5.41, 5.74) is 4.96. The lowest BCUT2D eigenvalue weighted by Gasteiger charge is -2.37. The van der Waals surface area contributed by atoms with Crippen LogP contribution in [0.5, 0.6) is 0 Å². The summed E-state index contributed by atoms with van der Waals surface area (Å²) in [6.45, 7) is 1.32. The molecule has 5 heteroatoms. The van der Waals surface area contributed by atoms with Crippen molar-refractivity contribution in [3.63, 3.8) is 0 Å². The standard InChI is InChI=1S/C26H24N4O/c31-26-23-13-7-8-14-24(23)28-25(30(26)16-15-20-9-3-1-4-10-20)22-17-27-29(19-22)18-21-11-5-2-6-12-21/h1-14,17,19,25,28H,15-16,18H2. The first-order valence-electron chi connectivity index (χ1n) is 10.5. The van der Waals surface area contributed by atoms with E-state index in [1.807, 2.05) is 82.6 Å². The van der Waals surface area contributed by atoms with Crippen LogP contribution < -0.4 is 5.32 Å². The van der Waals surface area contributed by atoms with Gasteiger partial charge in [-0.05, 0) is 29.7 Å². The van der Waals surface area contributed by atoms with Crippen molar-refractivity contribution in [1.82, 2.24) is 14.7 Å². The summed E-state index contributed by atoms with van der Waals surface area (Å²) in [5, 5.41) is 8.12. The minimum absolute atomic E-state index is 0.0473. The molecule has 3 aromatic carbocycles. The quantitative estimate of drug-likeness (QED) is 0.501. The maximum absolute atomic E-state index is 13.4. The van der Waals surface area contributed by atoms with Crippen LogP contribution in [0.15, 0.2) is 97.3 Å². The first kappa shape index (κ1) is 19.1. The number of anilines is 1. The van der Waals surface area contributed by atoms with Gasteiger partial charge in [0.15, 0.2) is 0 Å². The molecule has 1 aliphatic heterocycles. The third-order valence-corrected chi connectivity index (χ3v) is 5.66. The minimum atomic E-state index is -0.254. The second-order valence-electron chi connectivity index (χ2n) is 7.78. The van der Waals surface area contributed by atoms with E-state index in [2.05, 4.69) is 34.7 Å². The number of carbonyl (C=O) groups is 1. The molecular weight excluding hydrogens is 384 g/mol. The monoisotopic (exact) mass is 408 g/mol. The Labute approximate surface area is 182 Å². The zero-order valence-electron chi connectivity index (χ0n) is 17.2. The minimum Gasteiger partial charge on any atom is -0.361 e. The smallest absolute Gasteiger partial charge is 0.257 e. The Bertz CT molecular complexity index is 1170. The summed E-state index contributed by atoms with van der Waals surface area (Å²) in [4.78, 5) is 15.3. The molecule has 31 heavy (non-hydrogen) atoms. The van der Waals surface area contributed by atoms with Crippen LogP contribution in [0.3, 0.4) is 0 Å². The number of aromatic nitrogens is 2. The topological polar surface area (TPSA) is 50.2 Å². The van der Waals surface area contributed by atoms with Crippen molar-refractivity contribution in [2.24, 2.45) is 0 Å². The molecule has 1 N–H and O–H groups in total. The number of benzene rings is 3. The first-order valence-corrected chi connectivity index (χ1v) is 10.5. The van der Waals surface area contributed by atoms with Crippen LogP contribution in [0.4, 0.5) is 5.69 Å². The van der Waals surface area contributed by atoms with Crippen molar-refractivity contribution in [3.8, 4) is 0 Å². The highest BCUT2D eigenvalue weighted by Gasteiger charge is 2.33. The highest BCUT2D eigenvalue weighted by molar-refractivity contribution is 6.01. The average molecular weight is 409 g/mol. The van der Waals surface area contributed by atoms with E-state index < -0.39 is 0 Å².